The molecule has 1 aliphatic heterocycles. The van der Waals surface area contributed by atoms with Gasteiger partial charge in [-0.05, 0) is 25.8 Å². The first-order valence-corrected chi connectivity index (χ1v) is 6.72. The first kappa shape index (κ1) is 12.4. The molecule has 0 saturated carbocycles. The number of rotatable bonds is 5. The summed E-state index contributed by atoms with van der Waals surface area (Å²) in [5.74, 6) is -0.146. The number of amides is 1. The van der Waals surface area contributed by atoms with E-state index in [9.17, 15) is 13.2 Å². The van der Waals surface area contributed by atoms with Gasteiger partial charge in [-0.3, -0.25) is 4.79 Å². The Morgan fingerprint density at radius 1 is 1.53 bits per heavy atom. The molecule has 0 aromatic carbocycles. The van der Waals surface area contributed by atoms with Crippen LogP contribution in [0.1, 0.15) is 19.3 Å². The van der Waals surface area contributed by atoms with Crippen LogP contribution >= 0.6 is 0 Å². The van der Waals surface area contributed by atoms with Crippen molar-refractivity contribution in [2.45, 2.75) is 25.3 Å². The standard InChI is InChI=1S/C8H17N3O3S/c9-15(13,14)6-2-5-11-8(12)7-3-1-4-10-7/h7,10H,1-6H2,(H,11,12)(H2,9,13,14)/t7-/m0/s1. The maximum absolute atomic E-state index is 11.4. The van der Waals surface area contributed by atoms with Gasteiger partial charge in [-0.15, -0.1) is 0 Å². The SMILES string of the molecule is NS(=O)(=O)CCCNC(=O)[C@@H]1CCCN1. The summed E-state index contributed by atoms with van der Waals surface area (Å²) >= 11 is 0. The molecular formula is C8H17N3O3S. The first-order valence-electron chi connectivity index (χ1n) is 5.00. The minimum absolute atomic E-state index is 0.0538. The highest BCUT2D eigenvalue weighted by atomic mass is 32.2. The molecule has 88 valence electrons. The lowest BCUT2D eigenvalue weighted by molar-refractivity contribution is -0.122. The zero-order valence-electron chi connectivity index (χ0n) is 8.53. The van der Waals surface area contributed by atoms with E-state index >= 15 is 0 Å². The Hall–Kier alpha value is -0.660. The number of carbonyl (C=O) groups is 1. The van der Waals surface area contributed by atoms with Crippen LogP contribution in [-0.2, 0) is 14.8 Å². The van der Waals surface area contributed by atoms with E-state index in [4.69, 9.17) is 5.14 Å². The van der Waals surface area contributed by atoms with Crippen LogP contribution in [0.25, 0.3) is 0 Å². The molecule has 1 fully saturated rings. The highest BCUT2D eigenvalue weighted by Crippen LogP contribution is 2.04. The second kappa shape index (κ2) is 5.43. The fraction of sp³-hybridized carbons (Fsp3) is 0.875. The van der Waals surface area contributed by atoms with E-state index in [1.54, 1.807) is 0 Å². The third-order valence-electron chi connectivity index (χ3n) is 2.28. The molecule has 1 rings (SSSR count). The summed E-state index contributed by atoms with van der Waals surface area (Å²) in [6.07, 6.45) is 2.22. The molecule has 0 aliphatic carbocycles. The van der Waals surface area contributed by atoms with Crippen molar-refractivity contribution in [3.63, 3.8) is 0 Å². The van der Waals surface area contributed by atoms with Gasteiger partial charge in [0.15, 0.2) is 0 Å². The minimum atomic E-state index is -3.41. The van der Waals surface area contributed by atoms with E-state index in [1.165, 1.54) is 0 Å². The van der Waals surface area contributed by atoms with E-state index < -0.39 is 10.0 Å². The summed E-state index contributed by atoms with van der Waals surface area (Å²) in [6.45, 7) is 1.22. The monoisotopic (exact) mass is 235 g/mol. The van der Waals surface area contributed by atoms with Gasteiger partial charge in [0.1, 0.15) is 0 Å². The van der Waals surface area contributed by atoms with Crippen LogP contribution < -0.4 is 15.8 Å². The van der Waals surface area contributed by atoms with Crippen molar-refractivity contribution in [3.05, 3.63) is 0 Å². The summed E-state index contributed by atoms with van der Waals surface area (Å²) in [5, 5.41) is 10.6. The molecule has 0 aromatic heterocycles. The van der Waals surface area contributed by atoms with Gasteiger partial charge in [0, 0.05) is 6.54 Å². The van der Waals surface area contributed by atoms with E-state index in [0.717, 1.165) is 19.4 Å². The molecular weight excluding hydrogens is 218 g/mol. The number of nitrogens with one attached hydrogen (secondary N) is 2. The molecule has 0 bridgehead atoms. The minimum Gasteiger partial charge on any atom is -0.355 e. The molecule has 4 N–H and O–H groups in total. The molecule has 15 heavy (non-hydrogen) atoms. The van der Waals surface area contributed by atoms with Gasteiger partial charge in [-0.25, -0.2) is 13.6 Å². The van der Waals surface area contributed by atoms with E-state index in [1.807, 2.05) is 0 Å². The Balaban J connectivity index is 2.12. The van der Waals surface area contributed by atoms with Gasteiger partial charge in [0.05, 0.1) is 11.8 Å². The number of hydrogen-bond acceptors (Lipinski definition) is 4. The predicted molar refractivity (Wildman–Crippen MR) is 56.6 cm³/mol. The molecule has 1 amide bonds. The normalized spacial score (nSPS) is 21.5. The van der Waals surface area contributed by atoms with E-state index in [2.05, 4.69) is 10.6 Å². The maximum atomic E-state index is 11.4. The molecule has 1 atom stereocenters. The van der Waals surface area contributed by atoms with Gasteiger partial charge in [-0.2, -0.15) is 0 Å². The smallest absolute Gasteiger partial charge is 0.237 e. The molecule has 0 spiro atoms. The number of primary sulfonamides is 1. The highest BCUT2D eigenvalue weighted by molar-refractivity contribution is 7.89. The Labute approximate surface area is 89.6 Å². The van der Waals surface area contributed by atoms with Gasteiger partial charge >= 0.3 is 0 Å². The average Bonchev–Trinajstić information content (AvgIpc) is 2.63. The van der Waals surface area contributed by atoms with Crippen LogP contribution in [0.3, 0.4) is 0 Å². The van der Waals surface area contributed by atoms with Crippen LogP contribution in [0.15, 0.2) is 0 Å². The second-order valence-electron chi connectivity index (χ2n) is 3.66. The molecule has 0 radical (unpaired) electrons. The van der Waals surface area contributed by atoms with Gasteiger partial charge in [0.2, 0.25) is 15.9 Å². The molecule has 1 aliphatic rings. The van der Waals surface area contributed by atoms with Crippen LogP contribution in [0.2, 0.25) is 0 Å². The Bertz CT molecular complexity index is 309. The average molecular weight is 235 g/mol. The lowest BCUT2D eigenvalue weighted by Gasteiger charge is -2.10. The quantitative estimate of drug-likeness (QED) is 0.506. The summed E-state index contributed by atoms with van der Waals surface area (Å²) < 4.78 is 21.2. The molecule has 7 heteroatoms. The Morgan fingerprint density at radius 3 is 2.80 bits per heavy atom. The largest absolute Gasteiger partial charge is 0.355 e. The summed E-state index contributed by atoms with van der Waals surface area (Å²) in [7, 11) is -3.41. The molecule has 1 saturated heterocycles. The molecule has 0 unspecified atom stereocenters. The Kier molecular flexibility index (Phi) is 4.49. The fourth-order valence-electron chi connectivity index (χ4n) is 1.52. The van der Waals surface area contributed by atoms with Crippen molar-refractivity contribution in [2.24, 2.45) is 5.14 Å². The summed E-state index contributed by atoms with van der Waals surface area (Å²) in [6, 6.07) is -0.112. The zero-order chi connectivity index (χ0) is 11.3. The van der Waals surface area contributed by atoms with Crippen LogP contribution in [-0.4, -0.2) is 39.2 Å². The second-order valence-corrected chi connectivity index (χ2v) is 5.39. The number of hydrogen-bond donors (Lipinski definition) is 3. The van der Waals surface area contributed by atoms with Crippen LogP contribution in [0.5, 0.6) is 0 Å². The predicted octanol–water partition coefficient (Wildman–Crippen LogP) is -1.47. The van der Waals surface area contributed by atoms with Crippen molar-refractivity contribution < 1.29 is 13.2 Å². The molecule has 6 nitrogen and oxygen atoms in total. The van der Waals surface area contributed by atoms with E-state index in [-0.39, 0.29) is 17.7 Å². The zero-order valence-corrected chi connectivity index (χ0v) is 9.35. The third-order valence-corrected chi connectivity index (χ3v) is 3.14. The van der Waals surface area contributed by atoms with Crippen molar-refractivity contribution in [1.29, 1.82) is 0 Å². The summed E-state index contributed by atoms with van der Waals surface area (Å²) in [4.78, 5) is 11.4. The van der Waals surface area contributed by atoms with Crippen LogP contribution in [0, 0.1) is 0 Å². The van der Waals surface area contributed by atoms with E-state index in [0.29, 0.717) is 13.0 Å². The Morgan fingerprint density at radius 2 is 2.27 bits per heavy atom. The number of carbonyl (C=O) groups excluding carboxylic acids is 1. The van der Waals surface area contributed by atoms with Gasteiger partial charge in [-0.1, -0.05) is 0 Å². The molecule has 1 heterocycles. The topological polar surface area (TPSA) is 101 Å². The van der Waals surface area contributed by atoms with Crippen LogP contribution in [0.4, 0.5) is 0 Å². The summed E-state index contributed by atoms with van der Waals surface area (Å²) in [5.41, 5.74) is 0. The van der Waals surface area contributed by atoms with Crippen molar-refractivity contribution >= 4 is 15.9 Å². The fourth-order valence-corrected chi connectivity index (χ4v) is 2.06. The third kappa shape index (κ3) is 5.10. The highest BCUT2D eigenvalue weighted by Gasteiger charge is 2.21. The lowest BCUT2D eigenvalue weighted by Crippen LogP contribution is -2.41. The van der Waals surface area contributed by atoms with Gasteiger partial charge < -0.3 is 10.6 Å². The first-order chi connectivity index (χ1) is 6.99. The van der Waals surface area contributed by atoms with Crippen molar-refractivity contribution in [3.8, 4) is 0 Å². The number of sulfonamides is 1. The number of nitrogens with two attached hydrogens (primary N) is 1. The molecule has 0 aromatic rings. The van der Waals surface area contributed by atoms with Crippen molar-refractivity contribution in [2.75, 3.05) is 18.8 Å². The maximum Gasteiger partial charge on any atom is 0.237 e. The lowest BCUT2D eigenvalue weighted by atomic mass is 10.2. The van der Waals surface area contributed by atoms with Gasteiger partial charge in [0.25, 0.3) is 0 Å². The van der Waals surface area contributed by atoms with Crippen molar-refractivity contribution in [1.82, 2.24) is 10.6 Å².